The quantitative estimate of drug-likeness (QED) is 0.571. The lowest BCUT2D eigenvalue weighted by molar-refractivity contribution is -0.147. The summed E-state index contributed by atoms with van der Waals surface area (Å²) in [4.78, 5) is 34.8. The summed E-state index contributed by atoms with van der Waals surface area (Å²) in [7, 11) is 1.65. The van der Waals surface area contributed by atoms with Crippen LogP contribution in [-0.4, -0.2) is 42.0 Å². The highest BCUT2D eigenvalue weighted by Crippen LogP contribution is 2.26. The van der Waals surface area contributed by atoms with Crippen molar-refractivity contribution in [1.82, 2.24) is 15.3 Å². The number of esters is 1. The van der Waals surface area contributed by atoms with E-state index in [4.69, 9.17) is 4.74 Å². The molecule has 0 bridgehead atoms. The molecule has 0 saturated carbocycles. The number of aromatic nitrogens is 2. The van der Waals surface area contributed by atoms with Gasteiger partial charge in [-0.2, -0.15) is 0 Å². The van der Waals surface area contributed by atoms with E-state index in [0.717, 1.165) is 10.4 Å². The van der Waals surface area contributed by atoms with Crippen molar-refractivity contribution >= 4 is 29.2 Å². The third kappa shape index (κ3) is 5.82. The van der Waals surface area contributed by atoms with Crippen molar-refractivity contribution in [3.63, 3.8) is 0 Å². The minimum Gasteiger partial charge on any atom is -0.454 e. The molecule has 1 atom stereocenters. The number of nitrogens with one attached hydrogen (secondary N) is 1. The molecule has 0 aliphatic carbocycles. The van der Waals surface area contributed by atoms with Gasteiger partial charge in [-0.1, -0.05) is 18.2 Å². The molecular weight excluding hydrogens is 395 g/mol. The van der Waals surface area contributed by atoms with Crippen LogP contribution in [0.25, 0.3) is 0 Å². The van der Waals surface area contributed by atoms with Crippen molar-refractivity contribution in [1.29, 1.82) is 0 Å². The molecule has 150 valence electrons. The average Bonchev–Trinajstić information content (AvgIpc) is 3.26. The second kappa shape index (κ2) is 9.74. The standard InChI is InChI=1S/C20H19FN4O3S/c1-25(20-22-9-3-10-23-20)12-18(27)28-13-17(26)24-19(16-4-2-11-29-16)14-5-7-15(21)8-6-14/h2-11,19H,12-13H2,1H3,(H,24,26)/t19-/m1/s1. The molecule has 0 saturated heterocycles. The zero-order valence-corrected chi connectivity index (χ0v) is 16.4. The van der Waals surface area contributed by atoms with E-state index < -0.39 is 24.5 Å². The fourth-order valence-electron chi connectivity index (χ4n) is 2.58. The lowest BCUT2D eigenvalue weighted by Crippen LogP contribution is -2.35. The van der Waals surface area contributed by atoms with Gasteiger partial charge < -0.3 is 15.0 Å². The molecule has 0 fully saturated rings. The number of likely N-dealkylation sites (N-methyl/N-ethyl adjacent to an activating group) is 1. The number of amides is 1. The number of ether oxygens (including phenoxy) is 1. The summed E-state index contributed by atoms with van der Waals surface area (Å²) >= 11 is 1.47. The van der Waals surface area contributed by atoms with Crippen molar-refractivity contribution < 1.29 is 18.7 Å². The Bertz CT molecular complexity index is 936. The number of benzene rings is 1. The maximum atomic E-state index is 13.2. The van der Waals surface area contributed by atoms with E-state index in [2.05, 4.69) is 15.3 Å². The minimum atomic E-state index is -0.579. The third-order valence-corrected chi connectivity index (χ3v) is 4.90. The molecule has 0 unspecified atom stereocenters. The van der Waals surface area contributed by atoms with Gasteiger partial charge in [0.25, 0.3) is 5.91 Å². The smallest absolute Gasteiger partial charge is 0.326 e. The van der Waals surface area contributed by atoms with Gasteiger partial charge in [-0.05, 0) is 35.2 Å². The van der Waals surface area contributed by atoms with Crippen LogP contribution in [0.2, 0.25) is 0 Å². The van der Waals surface area contributed by atoms with Crippen LogP contribution in [0.1, 0.15) is 16.5 Å². The fourth-order valence-corrected chi connectivity index (χ4v) is 3.38. The Balaban J connectivity index is 1.56. The van der Waals surface area contributed by atoms with Gasteiger partial charge in [0, 0.05) is 24.3 Å². The van der Waals surface area contributed by atoms with Gasteiger partial charge in [0.1, 0.15) is 12.4 Å². The number of nitrogens with zero attached hydrogens (tertiary/aromatic N) is 3. The first-order valence-electron chi connectivity index (χ1n) is 8.75. The molecule has 1 aromatic carbocycles. The zero-order chi connectivity index (χ0) is 20.6. The SMILES string of the molecule is CN(CC(=O)OCC(=O)N[C@H](c1ccc(F)cc1)c1cccs1)c1ncccn1. The summed E-state index contributed by atoms with van der Waals surface area (Å²) < 4.78 is 18.3. The van der Waals surface area contributed by atoms with Gasteiger partial charge in [0.2, 0.25) is 5.95 Å². The fraction of sp³-hybridized carbons (Fsp3) is 0.200. The predicted octanol–water partition coefficient (Wildman–Crippen LogP) is 2.56. The molecule has 0 aliphatic heterocycles. The Kier molecular flexibility index (Phi) is 6.85. The molecule has 3 aromatic rings. The monoisotopic (exact) mass is 414 g/mol. The molecule has 0 aliphatic rings. The maximum absolute atomic E-state index is 13.2. The first-order chi connectivity index (χ1) is 14.0. The Morgan fingerprint density at radius 3 is 2.55 bits per heavy atom. The van der Waals surface area contributed by atoms with Crippen molar-refractivity contribution in [3.05, 3.63) is 76.5 Å². The Labute approximate surface area is 171 Å². The van der Waals surface area contributed by atoms with E-state index >= 15 is 0 Å². The van der Waals surface area contributed by atoms with Crippen molar-refractivity contribution in [2.24, 2.45) is 0 Å². The van der Waals surface area contributed by atoms with Crippen molar-refractivity contribution in [2.45, 2.75) is 6.04 Å². The number of carbonyl (C=O) groups is 2. The Hall–Kier alpha value is -3.33. The van der Waals surface area contributed by atoms with Crippen LogP contribution >= 0.6 is 11.3 Å². The molecule has 1 amide bonds. The molecular formula is C20H19FN4O3S. The summed E-state index contributed by atoms with van der Waals surface area (Å²) in [6.07, 6.45) is 3.13. The van der Waals surface area contributed by atoms with E-state index in [1.54, 1.807) is 37.6 Å². The average molecular weight is 414 g/mol. The zero-order valence-electron chi connectivity index (χ0n) is 15.6. The number of halogens is 1. The summed E-state index contributed by atoms with van der Waals surface area (Å²) in [6.45, 7) is -0.519. The Morgan fingerprint density at radius 2 is 1.90 bits per heavy atom. The first-order valence-corrected chi connectivity index (χ1v) is 9.63. The van der Waals surface area contributed by atoms with Crippen LogP contribution < -0.4 is 10.2 Å². The van der Waals surface area contributed by atoms with Gasteiger partial charge in [0.15, 0.2) is 6.61 Å². The molecule has 0 radical (unpaired) electrons. The number of hydrogen-bond acceptors (Lipinski definition) is 7. The predicted molar refractivity (Wildman–Crippen MR) is 107 cm³/mol. The molecule has 29 heavy (non-hydrogen) atoms. The van der Waals surface area contributed by atoms with E-state index in [-0.39, 0.29) is 12.4 Å². The molecule has 2 heterocycles. The van der Waals surface area contributed by atoms with Crippen molar-refractivity contribution in [2.75, 3.05) is 25.1 Å². The number of thiophene rings is 1. The van der Waals surface area contributed by atoms with Crippen LogP contribution in [-0.2, 0) is 14.3 Å². The second-order valence-electron chi connectivity index (χ2n) is 6.13. The van der Waals surface area contributed by atoms with Crippen LogP contribution in [0, 0.1) is 5.82 Å². The summed E-state index contributed by atoms with van der Waals surface area (Å²) in [5.74, 6) is -1.02. The summed E-state index contributed by atoms with van der Waals surface area (Å²) in [5.41, 5.74) is 0.731. The van der Waals surface area contributed by atoms with E-state index in [0.29, 0.717) is 5.95 Å². The highest BCUT2D eigenvalue weighted by atomic mass is 32.1. The van der Waals surface area contributed by atoms with Crippen LogP contribution in [0.4, 0.5) is 10.3 Å². The summed E-state index contributed by atoms with van der Waals surface area (Å²) in [6, 6.07) is 10.9. The van der Waals surface area contributed by atoms with Crippen LogP contribution in [0.5, 0.6) is 0 Å². The topological polar surface area (TPSA) is 84.4 Å². The van der Waals surface area contributed by atoms with Crippen LogP contribution in [0.15, 0.2) is 60.2 Å². The van der Waals surface area contributed by atoms with E-state index in [1.807, 2.05) is 17.5 Å². The maximum Gasteiger partial charge on any atom is 0.326 e. The third-order valence-electron chi connectivity index (χ3n) is 3.96. The number of hydrogen-bond donors (Lipinski definition) is 1. The largest absolute Gasteiger partial charge is 0.454 e. The Morgan fingerprint density at radius 1 is 1.17 bits per heavy atom. The lowest BCUT2D eigenvalue weighted by atomic mass is 10.1. The molecule has 0 spiro atoms. The van der Waals surface area contributed by atoms with Gasteiger partial charge in [-0.25, -0.2) is 14.4 Å². The second-order valence-corrected chi connectivity index (χ2v) is 7.11. The molecule has 9 heteroatoms. The number of anilines is 1. The molecule has 2 aromatic heterocycles. The van der Waals surface area contributed by atoms with Gasteiger partial charge in [-0.15, -0.1) is 11.3 Å². The van der Waals surface area contributed by atoms with Gasteiger partial charge in [-0.3, -0.25) is 9.59 Å². The molecule has 3 rings (SSSR count). The highest BCUT2D eigenvalue weighted by molar-refractivity contribution is 7.10. The van der Waals surface area contributed by atoms with Crippen LogP contribution in [0.3, 0.4) is 0 Å². The highest BCUT2D eigenvalue weighted by Gasteiger charge is 2.19. The van der Waals surface area contributed by atoms with Gasteiger partial charge >= 0.3 is 5.97 Å². The molecule has 7 nitrogen and oxygen atoms in total. The van der Waals surface area contributed by atoms with Crippen molar-refractivity contribution in [3.8, 4) is 0 Å². The number of carbonyl (C=O) groups excluding carboxylic acids is 2. The lowest BCUT2D eigenvalue weighted by Gasteiger charge is -2.19. The van der Waals surface area contributed by atoms with Gasteiger partial charge in [0.05, 0.1) is 6.04 Å². The molecule has 1 N–H and O–H groups in total. The summed E-state index contributed by atoms with van der Waals surface area (Å²) in [5, 5.41) is 4.72. The normalized spacial score (nSPS) is 11.5. The first kappa shape index (κ1) is 20.4. The van der Waals surface area contributed by atoms with E-state index in [1.165, 1.54) is 28.4 Å². The minimum absolute atomic E-state index is 0.0936. The van der Waals surface area contributed by atoms with E-state index in [9.17, 15) is 14.0 Å². The number of rotatable bonds is 8.